The van der Waals surface area contributed by atoms with E-state index in [1.54, 1.807) is 6.20 Å². The van der Waals surface area contributed by atoms with Crippen molar-refractivity contribution in [1.29, 1.82) is 0 Å². The van der Waals surface area contributed by atoms with Crippen LogP contribution in [0.2, 0.25) is 0 Å². The van der Waals surface area contributed by atoms with Crippen LogP contribution in [0.4, 0.5) is 0 Å². The summed E-state index contributed by atoms with van der Waals surface area (Å²) in [5.74, 6) is 0.928. The van der Waals surface area contributed by atoms with Gasteiger partial charge in [0.2, 0.25) is 0 Å². The molecule has 62 valence electrons. The molecular weight excluding hydrogens is 150 g/mol. The van der Waals surface area contributed by atoms with Crippen molar-refractivity contribution in [2.75, 3.05) is 0 Å². The number of aryl methyl sites for hydroxylation is 2. The molecule has 12 heavy (non-hydrogen) atoms. The van der Waals surface area contributed by atoms with Crippen LogP contribution in [-0.2, 0) is 0 Å². The minimum atomic E-state index is 0.928. The van der Waals surface area contributed by atoms with Gasteiger partial charge >= 0.3 is 0 Å². The molecule has 3 heteroatoms. The van der Waals surface area contributed by atoms with Crippen LogP contribution in [0.15, 0.2) is 18.5 Å². The average Bonchev–Trinajstić information content (AvgIpc) is 2.58. The number of nitrogens with one attached hydrogen (secondary N) is 2. The summed E-state index contributed by atoms with van der Waals surface area (Å²) in [4.78, 5) is 10.5. The zero-order chi connectivity index (χ0) is 8.55. The van der Waals surface area contributed by atoms with Gasteiger partial charge in [-0.25, -0.2) is 4.98 Å². The Morgan fingerprint density at radius 3 is 2.67 bits per heavy atom. The lowest BCUT2D eigenvalue weighted by Gasteiger charge is -1.91. The smallest absolute Gasteiger partial charge is 0.139 e. The SMILES string of the molecule is Cc1cc(-c2ncc[nH]2)c(C)[nH]1. The Hall–Kier alpha value is -1.51. The molecular formula is C9H11N3. The molecule has 0 aromatic carbocycles. The zero-order valence-electron chi connectivity index (χ0n) is 7.18. The van der Waals surface area contributed by atoms with Gasteiger partial charge in [-0.1, -0.05) is 0 Å². The highest BCUT2D eigenvalue weighted by molar-refractivity contribution is 5.59. The fourth-order valence-corrected chi connectivity index (χ4v) is 1.38. The molecule has 0 atom stereocenters. The van der Waals surface area contributed by atoms with Gasteiger partial charge in [-0.15, -0.1) is 0 Å². The van der Waals surface area contributed by atoms with Crippen LogP contribution in [0, 0.1) is 13.8 Å². The number of H-pyrrole nitrogens is 2. The topological polar surface area (TPSA) is 44.5 Å². The molecule has 0 radical (unpaired) electrons. The standard InChI is InChI=1S/C9H11N3/c1-6-5-8(7(2)12-6)9-10-3-4-11-9/h3-5,12H,1-2H3,(H,10,11). The lowest BCUT2D eigenvalue weighted by Crippen LogP contribution is -1.79. The molecule has 0 aliphatic rings. The summed E-state index contributed by atoms with van der Waals surface area (Å²) in [6.07, 6.45) is 3.59. The quantitative estimate of drug-likeness (QED) is 0.660. The molecule has 0 unspecified atom stereocenters. The van der Waals surface area contributed by atoms with Crippen molar-refractivity contribution < 1.29 is 0 Å². The molecule has 0 bridgehead atoms. The summed E-state index contributed by atoms with van der Waals surface area (Å²) in [6, 6.07) is 2.09. The van der Waals surface area contributed by atoms with Crippen molar-refractivity contribution in [3.8, 4) is 11.4 Å². The Morgan fingerprint density at radius 1 is 1.33 bits per heavy atom. The molecule has 0 aliphatic carbocycles. The summed E-state index contributed by atoms with van der Waals surface area (Å²) in [5, 5.41) is 0. The van der Waals surface area contributed by atoms with Crippen LogP contribution in [-0.4, -0.2) is 15.0 Å². The van der Waals surface area contributed by atoms with Gasteiger partial charge < -0.3 is 9.97 Å². The maximum atomic E-state index is 4.19. The van der Waals surface area contributed by atoms with E-state index in [0.717, 1.165) is 17.1 Å². The van der Waals surface area contributed by atoms with Gasteiger partial charge in [-0.2, -0.15) is 0 Å². The normalized spacial score (nSPS) is 10.5. The van der Waals surface area contributed by atoms with E-state index in [-0.39, 0.29) is 0 Å². The van der Waals surface area contributed by atoms with Crippen molar-refractivity contribution in [3.63, 3.8) is 0 Å². The number of hydrogen-bond acceptors (Lipinski definition) is 1. The van der Waals surface area contributed by atoms with Crippen LogP contribution in [0.3, 0.4) is 0 Å². The Balaban J connectivity index is 2.54. The van der Waals surface area contributed by atoms with Crippen molar-refractivity contribution >= 4 is 0 Å². The zero-order valence-corrected chi connectivity index (χ0v) is 7.18. The lowest BCUT2D eigenvalue weighted by molar-refractivity contribution is 1.18. The summed E-state index contributed by atoms with van der Waals surface area (Å²) in [6.45, 7) is 4.09. The first kappa shape index (κ1) is 7.16. The van der Waals surface area contributed by atoms with E-state index in [2.05, 4.69) is 21.0 Å². The highest BCUT2D eigenvalue weighted by atomic mass is 14.9. The Kier molecular flexibility index (Phi) is 1.50. The van der Waals surface area contributed by atoms with Crippen molar-refractivity contribution in [2.45, 2.75) is 13.8 Å². The summed E-state index contributed by atoms with van der Waals surface area (Å²) in [5.41, 5.74) is 3.47. The summed E-state index contributed by atoms with van der Waals surface area (Å²) >= 11 is 0. The monoisotopic (exact) mass is 161 g/mol. The second-order valence-electron chi connectivity index (χ2n) is 2.93. The predicted octanol–water partition coefficient (Wildman–Crippen LogP) is 2.02. The van der Waals surface area contributed by atoms with Crippen LogP contribution in [0.1, 0.15) is 11.4 Å². The molecule has 0 amide bonds. The second-order valence-corrected chi connectivity index (χ2v) is 2.93. The fourth-order valence-electron chi connectivity index (χ4n) is 1.38. The van der Waals surface area contributed by atoms with Gasteiger partial charge in [0.1, 0.15) is 5.82 Å². The molecule has 3 nitrogen and oxygen atoms in total. The predicted molar refractivity (Wildman–Crippen MR) is 47.8 cm³/mol. The van der Waals surface area contributed by atoms with Crippen LogP contribution >= 0.6 is 0 Å². The van der Waals surface area contributed by atoms with Gasteiger partial charge in [0.15, 0.2) is 0 Å². The maximum absolute atomic E-state index is 4.19. The van der Waals surface area contributed by atoms with Crippen LogP contribution in [0.25, 0.3) is 11.4 Å². The summed E-state index contributed by atoms with van der Waals surface area (Å²) < 4.78 is 0. The van der Waals surface area contributed by atoms with E-state index in [1.807, 2.05) is 20.0 Å². The molecule has 2 rings (SSSR count). The van der Waals surface area contributed by atoms with Crippen LogP contribution < -0.4 is 0 Å². The van der Waals surface area contributed by atoms with E-state index in [4.69, 9.17) is 0 Å². The number of aromatic nitrogens is 3. The molecule has 0 spiro atoms. The van der Waals surface area contributed by atoms with Gasteiger partial charge in [-0.05, 0) is 19.9 Å². The fraction of sp³-hybridized carbons (Fsp3) is 0.222. The third-order valence-corrected chi connectivity index (χ3v) is 1.90. The van der Waals surface area contributed by atoms with Crippen LogP contribution in [0.5, 0.6) is 0 Å². The molecule has 0 fully saturated rings. The molecule has 2 aromatic heterocycles. The van der Waals surface area contributed by atoms with Gasteiger partial charge in [-0.3, -0.25) is 0 Å². The average molecular weight is 161 g/mol. The molecule has 2 aromatic rings. The largest absolute Gasteiger partial charge is 0.362 e. The van der Waals surface area contributed by atoms with E-state index in [0.29, 0.717) is 0 Å². The first-order valence-corrected chi connectivity index (χ1v) is 3.93. The van der Waals surface area contributed by atoms with Crippen molar-refractivity contribution in [1.82, 2.24) is 15.0 Å². The lowest BCUT2D eigenvalue weighted by atomic mass is 10.2. The number of hydrogen-bond donors (Lipinski definition) is 2. The minimum Gasteiger partial charge on any atom is -0.362 e. The third kappa shape index (κ3) is 1.03. The first-order valence-electron chi connectivity index (χ1n) is 3.93. The molecule has 0 aliphatic heterocycles. The molecule has 2 heterocycles. The highest BCUT2D eigenvalue weighted by Crippen LogP contribution is 2.19. The van der Waals surface area contributed by atoms with E-state index in [9.17, 15) is 0 Å². The van der Waals surface area contributed by atoms with Gasteiger partial charge in [0, 0.05) is 29.3 Å². The number of aromatic amines is 2. The molecule has 0 saturated heterocycles. The number of nitrogens with zero attached hydrogens (tertiary/aromatic N) is 1. The maximum Gasteiger partial charge on any atom is 0.139 e. The van der Waals surface area contributed by atoms with E-state index >= 15 is 0 Å². The summed E-state index contributed by atoms with van der Waals surface area (Å²) in [7, 11) is 0. The number of rotatable bonds is 1. The molecule has 0 saturated carbocycles. The number of imidazole rings is 1. The van der Waals surface area contributed by atoms with Crippen molar-refractivity contribution in [2.24, 2.45) is 0 Å². The van der Waals surface area contributed by atoms with Crippen molar-refractivity contribution in [3.05, 3.63) is 29.8 Å². The molecule has 2 N–H and O–H groups in total. The van der Waals surface area contributed by atoms with Gasteiger partial charge in [0.05, 0.1) is 0 Å². The Morgan fingerprint density at radius 2 is 2.17 bits per heavy atom. The van der Waals surface area contributed by atoms with E-state index in [1.165, 1.54) is 5.69 Å². The third-order valence-electron chi connectivity index (χ3n) is 1.90. The first-order chi connectivity index (χ1) is 5.77. The van der Waals surface area contributed by atoms with Gasteiger partial charge in [0.25, 0.3) is 0 Å². The second kappa shape index (κ2) is 2.52. The Bertz CT molecular complexity index is 370. The Labute approximate surface area is 70.9 Å². The minimum absolute atomic E-state index is 0.928. The van der Waals surface area contributed by atoms with E-state index < -0.39 is 0 Å². The highest BCUT2D eigenvalue weighted by Gasteiger charge is 2.05.